The number of aromatic nitrogens is 1. The van der Waals surface area contributed by atoms with Gasteiger partial charge in [0, 0.05) is 55.6 Å². The van der Waals surface area contributed by atoms with Gasteiger partial charge in [-0.1, -0.05) is 23.7 Å². The monoisotopic (exact) mass is 450 g/mol. The molecule has 1 aliphatic rings. The van der Waals surface area contributed by atoms with Crippen LogP contribution in [0.25, 0.3) is 11.1 Å². The van der Waals surface area contributed by atoms with Crippen LogP contribution in [-0.2, 0) is 4.74 Å². The van der Waals surface area contributed by atoms with Crippen LogP contribution in [0.1, 0.15) is 16.8 Å². The smallest absolute Gasteiger partial charge is 0.255 e. The van der Waals surface area contributed by atoms with Crippen molar-refractivity contribution < 1.29 is 9.53 Å². The molecule has 2 aromatic carbocycles. The number of carbonyl (C=O) groups excluding carboxylic acids is 1. The Hall–Kier alpha value is -3.09. The molecular formula is C25H27ClN4O2. The van der Waals surface area contributed by atoms with E-state index in [1.165, 1.54) is 0 Å². The number of hydrogen-bond acceptors (Lipinski definition) is 5. The van der Waals surface area contributed by atoms with E-state index in [1.54, 1.807) is 18.3 Å². The van der Waals surface area contributed by atoms with Crippen molar-refractivity contribution in [1.29, 1.82) is 0 Å². The number of hydrogen-bond donors (Lipinski definition) is 1. The molecule has 0 aliphatic carbocycles. The highest BCUT2D eigenvalue weighted by Gasteiger charge is 2.13. The fraction of sp³-hybridized carbons (Fsp3) is 0.280. The number of pyridine rings is 1. The molecule has 4 rings (SSSR count). The normalized spacial score (nSPS) is 14.0. The minimum Gasteiger partial charge on any atom is -0.380 e. The van der Waals surface area contributed by atoms with Gasteiger partial charge in [-0.15, -0.1) is 0 Å². The Labute approximate surface area is 193 Å². The zero-order valence-electron chi connectivity index (χ0n) is 18.3. The van der Waals surface area contributed by atoms with Crippen molar-refractivity contribution in [3.05, 3.63) is 71.4 Å². The largest absolute Gasteiger partial charge is 0.380 e. The summed E-state index contributed by atoms with van der Waals surface area (Å²) >= 11 is 6.44. The van der Waals surface area contributed by atoms with Crippen molar-refractivity contribution in [2.75, 3.05) is 55.5 Å². The van der Waals surface area contributed by atoms with Crippen molar-refractivity contribution in [1.82, 2.24) is 4.98 Å². The van der Waals surface area contributed by atoms with E-state index in [-0.39, 0.29) is 5.91 Å². The Bertz CT molecular complexity index is 1060. The first-order valence-electron chi connectivity index (χ1n) is 10.7. The van der Waals surface area contributed by atoms with Crippen molar-refractivity contribution in [2.45, 2.75) is 6.42 Å². The summed E-state index contributed by atoms with van der Waals surface area (Å²) in [4.78, 5) is 21.6. The standard InChI is InChI=1S/C25H27ClN4O2/c1-29(2)21-8-4-18(5-9-21)22-16-19(6-10-23(22)26)25(31)28-20-7-11-24(27-17-20)30-12-3-14-32-15-13-30/h4-11,16-17H,3,12-15H2,1-2H3,(H,28,31). The zero-order valence-corrected chi connectivity index (χ0v) is 19.1. The summed E-state index contributed by atoms with van der Waals surface area (Å²) in [5.41, 5.74) is 4.07. The number of nitrogens with one attached hydrogen (secondary N) is 1. The van der Waals surface area contributed by atoms with Crippen LogP contribution in [0, 0.1) is 0 Å². The van der Waals surface area contributed by atoms with E-state index in [2.05, 4.69) is 15.2 Å². The maximum Gasteiger partial charge on any atom is 0.255 e. The third-order valence-corrected chi connectivity index (χ3v) is 5.80. The van der Waals surface area contributed by atoms with Gasteiger partial charge < -0.3 is 19.9 Å². The second-order valence-electron chi connectivity index (χ2n) is 7.95. The van der Waals surface area contributed by atoms with E-state index in [9.17, 15) is 4.79 Å². The van der Waals surface area contributed by atoms with Crippen molar-refractivity contribution in [2.24, 2.45) is 0 Å². The van der Waals surface area contributed by atoms with Gasteiger partial charge >= 0.3 is 0 Å². The number of anilines is 3. The fourth-order valence-corrected chi connectivity index (χ4v) is 3.88. The lowest BCUT2D eigenvalue weighted by molar-refractivity contribution is 0.102. The number of amides is 1. The lowest BCUT2D eigenvalue weighted by Gasteiger charge is -2.20. The summed E-state index contributed by atoms with van der Waals surface area (Å²) in [6.07, 6.45) is 2.67. The van der Waals surface area contributed by atoms with E-state index in [0.717, 1.165) is 48.7 Å². The average molecular weight is 451 g/mol. The topological polar surface area (TPSA) is 57.7 Å². The SMILES string of the molecule is CN(C)c1ccc(-c2cc(C(=O)Nc3ccc(N4CCCOCC4)nc3)ccc2Cl)cc1. The van der Waals surface area contributed by atoms with Crippen molar-refractivity contribution in [3.8, 4) is 11.1 Å². The molecule has 1 fully saturated rings. The lowest BCUT2D eigenvalue weighted by Crippen LogP contribution is -2.26. The van der Waals surface area contributed by atoms with Crippen molar-refractivity contribution in [3.63, 3.8) is 0 Å². The maximum absolute atomic E-state index is 12.9. The molecule has 0 unspecified atom stereocenters. The summed E-state index contributed by atoms with van der Waals surface area (Å²) in [6.45, 7) is 3.23. The first-order chi connectivity index (χ1) is 15.5. The highest BCUT2D eigenvalue weighted by Crippen LogP contribution is 2.30. The molecule has 1 saturated heterocycles. The third kappa shape index (κ3) is 5.21. The van der Waals surface area contributed by atoms with Crippen LogP contribution < -0.4 is 15.1 Å². The van der Waals surface area contributed by atoms with E-state index in [4.69, 9.17) is 16.3 Å². The van der Waals surface area contributed by atoms with E-state index in [0.29, 0.717) is 22.9 Å². The lowest BCUT2D eigenvalue weighted by atomic mass is 10.0. The van der Waals surface area contributed by atoms with E-state index < -0.39 is 0 Å². The summed E-state index contributed by atoms with van der Waals surface area (Å²) < 4.78 is 5.50. The van der Waals surface area contributed by atoms with Crippen LogP contribution >= 0.6 is 11.6 Å². The second-order valence-corrected chi connectivity index (χ2v) is 8.36. The summed E-state index contributed by atoms with van der Waals surface area (Å²) in [7, 11) is 3.99. The maximum atomic E-state index is 12.9. The average Bonchev–Trinajstić information content (AvgIpc) is 3.09. The minimum atomic E-state index is -0.203. The van der Waals surface area contributed by atoms with Gasteiger partial charge in [-0.2, -0.15) is 0 Å². The number of carbonyl (C=O) groups is 1. The first-order valence-corrected chi connectivity index (χ1v) is 11.1. The molecule has 1 aliphatic heterocycles. The van der Waals surface area contributed by atoms with Gasteiger partial charge in [0.05, 0.1) is 18.5 Å². The minimum absolute atomic E-state index is 0.203. The van der Waals surface area contributed by atoms with E-state index in [1.807, 2.05) is 61.5 Å². The van der Waals surface area contributed by atoms with Gasteiger partial charge in [0.25, 0.3) is 5.91 Å². The summed E-state index contributed by atoms with van der Waals surface area (Å²) in [6, 6.07) is 17.2. The fourth-order valence-electron chi connectivity index (χ4n) is 3.65. The third-order valence-electron chi connectivity index (χ3n) is 5.48. The molecule has 166 valence electrons. The van der Waals surface area contributed by atoms with Gasteiger partial charge in [0.15, 0.2) is 0 Å². The highest BCUT2D eigenvalue weighted by molar-refractivity contribution is 6.33. The molecule has 0 saturated carbocycles. The Morgan fingerprint density at radius 3 is 2.59 bits per heavy atom. The number of halogens is 1. The zero-order chi connectivity index (χ0) is 22.5. The second kappa shape index (κ2) is 10.0. The molecule has 0 bridgehead atoms. The summed E-state index contributed by atoms with van der Waals surface area (Å²) in [5, 5.41) is 3.53. The van der Waals surface area contributed by atoms with Gasteiger partial charge in [-0.3, -0.25) is 4.79 Å². The number of nitrogens with zero attached hydrogens (tertiary/aromatic N) is 3. The Morgan fingerprint density at radius 1 is 1.06 bits per heavy atom. The van der Waals surface area contributed by atoms with Crippen LogP contribution in [0.2, 0.25) is 5.02 Å². The van der Waals surface area contributed by atoms with Gasteiger partial charge in [-0.05, 0) is 54.4 Å². The summed E-state index contributed by atoms with van der Waals surface area (Å²) in [5.74, 6) is 0.689. The Morgan fingerprint density at radius 2 is 1.88 bits per heavy atom. The van der Waals surface area contributed by atoms with Crippen LogP contribution in [0.3, 0.4) is 0 Å². The Balaban J connectivity index is 1.48. The molecule has 2 heterocycles. The molecule has 3 aromatic rings. The first kappa shape index (κ1) is 22.1. The molecule has 1 amide bonds. The molecule has 1 aromatic heterocycles. The van der Waals surface area contributed by atoms with Crippen molar-refractivity contribution >= 4 is 34.7 Å². The molecular weight excluding hydrogens is 424 g/mol. The van der Waals surface area contributed by atoms with Gasteiger partial charge in [0.1, 0.15) is 5.82 Å². The van der Waals surface area contributed by atoms with Crippen LogP contribution in [-0.4, -0.2) is 51.3 Å². The quantitative estimate of drug-likeness (QED) is 0.596. The van der Waals surface area contributed by atoms with Crippen LogP contribution in [0.5, 0.6) is 0 Å². The van der Waals surface area contributed by atoms with E-state index >= 15 is 0 Å². The number of rotatable bonds is 5. The highest BCUT2D eigenvalue weighted by atomic mass is 35.5. The van der Waals surface area contributed by atoms with Gasteiger partial charge in [0.2, 0.25) is 0 Å². The van der Waals surface area contributed by atoms with Crippen LogP contribution in [0.15, 0.2) is 60.8 Å². The number of benzene rings is 2. The predicted octanol–water partition coefficient (Wildman–Crippen LogP) is 4.95. The Kier molecular flexibility index (Phi) is 6.93. The molecule has 0 radical (unpaired) electrons. The predicted molar refractivity (Wildman–Crippen MR) is 131 cm³/mol. The number of ether oxygens (including phenoxy) is 1. The molecule has 32 heavy (non-hydrogen) atoms. The van der Waals surface area contributed by atoms with Gasteiger partial charge in [-0.25, -0.2) is 4.98 Å². The molecule has 0 atom stereocenters. The molecule has 7 heteroatoms. The molecule has 0 spiro atoms. The van der Waals surface area contributed by atoms with Crippen LogP contribution in [0.4, 0.5) is 17.2 Å². The molecule has 1 N–H and O–H groups in total. The molecule has 6 nitrogen and oxygen atoms in total.